The smallest absolute Gasteiger partial charge is 0.255 e. The van der Waals surface area contributed by atoms with E-state index in [0.29, 0.717) is 29.3 Å². The zero-order valence-electron chi connectivity index (χ0n) is 20.8. The third-order valence-corrected chi connectivity index (χ3v) is 6.72. The van der Waals surface area contributed by atoms with Crippen molar-refractivity contribution in [2.45, 2.75) is 13.8 Å². The lowest BCUT2D eigenvalue weighted by Crippen LogP contribution is -2.25. The predicted molar refractivity (Wildman–Crippen MR) is 143 cm³/mol. The minimum absolute atomic E-state index is 0.0872. The third kappa shape index (κ3) is 4.04. The highest BCUT2D eigenvalue weighted by Crippen LogP contribution is 2.33. The number of hydrogen-bond donors (Lipinski definition) is 1. The molecule has 0 saturated carbocycles. The zero-order chi connectivity index (χ0) is 25.7. The first kappa shape index (κ1) is 22.7. The molecule has 0 bridgehead atoms. The average molecular weight is 492 g/mol. The van der Waals surface area contributed by atoms with Gasteiger partial charge in [-0.1, -0.05) is 13.5 Å². The summed E-state index contributed by atoms with van der Waals surface area (Å²) in [7, 11) is 1.97. The van der Waals surface area contributed by atoms with Gasteiger partial charge in [0, 0.05) is 42.2 Å². The number of ether oxygens (including phenoxy) is 1. The Bertz CT molecular complexity index is 1710. The lowest BCUT2D eigenvalue weighted by molar-refractivity contribution is -0.114. The molecule has 3 aromatic heterocycles. The van der Waals surface area contributed by atoms with Crippen LogP contribution in [0.15, 0.2) is 73.5 Å². The Balaban J connectivity index is 1.26. The summed E-state index contributed by atoms with van der Waals surface area (Å²) < 4.78 is 8.12. The number of imidazole rings is 1. The van der Waals surface area contributed by atoms with Crippen molar-refractivity contribution in [1.82, 2.24) is 24.5 Å². The summed E-state index contributed by atoms with van der Waals surface area (Å²) in [4.78, 5) is 31.9. The van der Waals surface area contributed by atoms with E-state index < -0.39 is 0 Å². The van der Waals surface area contributed by atoms with Crippen LogP contribution in [-0.2, 0) is 11.8 Å². The second-order valence-corrected chi connectivity index (χ2v) is 9.34. The number of aromatic nitrogens is 5. The molecule has 9 nitrogen and oxygen atoms in total. The SMILES string of the molecule is C=C1C(=O)N(c2cc3c(Nc4ccc(Oc5ccc6c(c5)ncn6C)c(C)c4)ncnc3cn2)C[C@H]1C. The van der Waals surface area contributed by atoms with Gasteiger partial charge in [0.1, 0.15) is 29.5 Å². The van der Waals surface area contributed by atoms with Crippen LogP contribution in [0.5, 0.6) is 11.5 Å². The number of nitrogens with zero attached hydrogens (tertiary/aromatic N) is 6. The summed E-state index contributed by atoms with van der Waals surface area (Å²) >= 11 is 0. The van der Waals surface area contributed by atoms with Crippen molar-refractivity contribution in [2.75, 3.05) is 16.8 Å². The highest BCUT2D eigenvalue weighted by Gasteiger charge is 2.32. The number of pyridine rings is 1. The summed E-state index contributed by atoms with van der Waals surface area (Å²) in [6.07, 6.45) is 4.95. The number of aryl methyl sites for hydroxylation is 2. The van der Waals surface area contributed by atoms with Crippen LogP contribution in [0.4, 0.5) is 17.3 Å². The fourth-order valence-corrected chi connectivity index (χ4v) is 4.53. The molecular formula is C28H25N7O2. The topological polar surface area (TPSA) is 98.1 Å². The van der Waals surface area contributed by atoms with Gasteiger partial charge in [0.25, 0.3) is 5.91 Å². The lowest BCUT2D eigenvalue weighted by atomic mass is 10.1. The van der Waals surface area contributed by atoms with Crippen LogP contribution in [0.25, 0.3) is 21.9 Å². The summed E-state index contributed by atoms with van der Waals surface area (Å²) in [5, 5.41) is 4.15. The van der Waals surface area contributed by atoms with Crippen LogP contribution in [0.2, 0.25) is 0 Å². The Morgan fingerprint density at radius 1 is 1.05 bits per heavy atom. The quantitative estimate of drug-likeness (QED) is 0.333. The Morgan fingerprint density at radius 3 is 2.70 bits per heavy atom. The molecule has 9 heteroatoms. The average Bonchev–Trinajstić information content (AvgIpc) is 3.39. The molecule has 4 heterocycles. The largest absolute Gasteiger partial charge is 0.457 e. The molecule has 0 aliphatic carbocycles. The first-order chi connectivity index (χ1) is 17.9. The molecule has 1 N–H and O–H groups in total. The molecule has 6 rings (SSSR count). The molecule has 1 atom stereocenters. The van der Waals surface area contributed by atoms with E-state index in [1.807, 2.05) is 67.9 Å². The van der Waals surface area contributed by atoms with Gasteiger partial charge in [-0.3, -0.25) is 9.69 Å². The fraction of sp³-hybridized carbons (Fsp3) is 0.179. The Labute approximate surface area is 213 Å². The van der Waals surface area contributed by atoms with Crippen molar-refractivity contribution < 1.29 is 9.53 Å². The maximum atomic E-state index is 12.6. The second-order valence-electron chi connectivity index (χ2n) is 9.34. The predicted octanol–water partition coefficient (Wildman–Crippen LogP) is 5.29. The number of benzene rings is 2. The van der Waals surface area contributed by atoms with E-state index >= 15 is 0 Å². The molecule has 37 heavy (non-hydrogen) atoms. The molecule has 1 aliphatic heterocycles. The van der Waals surface area contributed by atoms with E-state index in [-0.39, 0.29) is 11.8 Å². The van der Waals surface area contributed by atoms with Gasteiger partial charge in [-0.2, -0.15) is 0 Å². The van der Waals surface area contributed by atoms with Crippen LogP contribution in [0.3, 0.4) is 0 Å². The van der Waals surface area contributed by atoms with Gasteiger partial charge < -0.3 is 14.6 Å². The number of carbonyl (C=O) groups excluding carboxylic acids is 1. The molecule has 184 valence electrons. The molecule has 5 aromatic rings. The van der Waals surface area contributed by atoms with Crippen LogP contribution in [0.1, 0.15) is 12.5 Å². The second kappa shape index (κ2) is 8.70. The van der Waals surface area contributed by atoms with Gasteiger partial charge in [0.05, 0.1) is 29.1 Å². The van der Waals surface area contributed by atoms with Crippen molar-refractivity contribution in [2.24, 2.45) is 13.0 Å². The summed E-state index contributed by atoms with van der Waals surface area (Å²) in [5.41, 5.74) is 5.02. The van der Waals surface area contributed by atoms with Gasteiger partial charge in [0.15, 0.2) is 0 Å². The van der Waals surface area contributed by atoms with E-state index in [1.54, 1.807) is 17.4 Å². The molecule has 1 fully saturated rings. The van der Waals surface area contributed by atoms with Crippen LogP contribution in [-0.4, -0.2) is 37.0 Å². The Kier molecular flexibility index (Phi) is 5.33. The Morgan fingerprint density at radius 2 is 1.92 bits per heavy atom. The van der Waals surface area contributed by atoms with Crippen molar-refractivity contribution >= 4 is 45.2 Å². The van der Waals surface area contributed by atoms with Crippen molar-refractivity contribution in [3.8, 4) is 11.5 Å². The Hall–Kier alpha value is -4.79. The minimum atomic E-state index is -0.0980. The first-order valence-corrected chi connectivity index (χ1v) is 12.0. The third-order valence-electron chi connectivity index (χ3n) is 6.72. The van der Waals surface area contributed by atoms with Gasteiger partial charge in [-0.05, 0) is 48.9 Å². The molecule has 1 saturated heterocycles. The molecule has 1 aliphatic rings. The standard InChI is InChI=1S/C28H25N7O2/c1-16-9-19(5-8-25(16)37-20-6-7-24-22(10-20)32-15-34(24)4)33-27-21-11-26(29-12-23(21)30-14-31-27)35-13-17(2)18(3)28(35)36/h5-12,14-15,17H,3,13H2,1-2,4H3,(H,30,31,33)/t17-/m1/s1. The summed E-state index contributed by atoms with van der Waals surface area (Å²) in [6.45, 7) is 8.45. The normalized spacial score (nSPS) is 15.6. The van der Waals surface area contributed by atoms with E-state index in [1.165, 1.54) is 6.33 Å². The van der Waals surface area contributed by atoms with E-state index in [2.05, 4.69) is 31.8 Å². The number of carbonyl (C=O) groups is 1. The maximum Gasteiger partial charge on any atom is 0.255 e. The molecule has 2 aromatic carbocycles. The number of nitrogens with one attached hydrogen (secondary N) is 1. The van der Waals surface area contributed by atoms with Gasteiger partial charge in [0.2, 0.25) is 0 Å². The number of amides is 1. The summed E-state index contributed by atoms with van der Waals surface area (Å²) in [6, 6.07) is 13.6. The van der Waals surface area contributed by atoms with E-state index in [4.69, 9.17) is 4.74 Å². The van der Waals surface area contributed by atoms with Gasteiger partial charge >= 0.3 is 0 Å². The van der Waals surface area contributed by atoms with E-state index in [0.717, 1.165) is 39.2 Å². The summed E-state index contributed by atoms with van der Waals surface area (Å²) in [5.74, 6) is 2.65. The van der Waals surface area contributed by atoms with Crippen LogP contribution in [0, 0.1) is 12.8 Å². The minimum Gasteiger partial charge on any atom is -0.457 e. The van der Waals surface area contributed by atoms with Crippen LogP contribution >= 0.6 is 0 Å². The monoisotopic (exact) mass is 491 g/mol. The molecule has 1 amide bonds. The lowest BCUT2D eigenvalue weighted by Gasteiger charge is -2.16. The van der Waals surface area contributed by atoms with Gasteiger partial charge in [-0.15, -0.1) is 0 Å². The first-order valence-electron chi connectivity index (χ1n) is 12.0. The zero-order valence-corrected chi connectivity index (χ0v) is 20.8. The maximum absolute atomic E-state index is 12.6. The fourth-order valence-electron chi connectivity index (χ4n) is 4.53. The highest BCUT2D eigenvalue weighted by atomic mass is 16.5. The van der Waals surface area contributed by atoms with Crippen LogP contribution < -0.4 is 15.0 Å². The van der Waals surface area contributed by atoms with Gasteiger partial charge in [-0.25, -0.2) is 19.9 Å². The molecule has 0 unspecified atom stereocenters. The van der Waals surface area contributed by atoms with Crippen molar-refractivity contribution in [3.63, 3.8) is 0 Å². The number of hydrogen-bond acceptors (Lipinski definition) is 7. The number of fused-ring (bicyclic) bond motifs is 2. The number of rotatable bonds is 5. The number of anilines is 3. The van der Waals surface area contributed by atoms with E-state index in [9.17, 15) is 4.79 Å². The molecule has 0 radical (unpaired) electrons. The molecule has 0 spiro atoms. The van der Waals surface area contributed by atoms with Crippen molar-refractivity contribution in [3.05, 3.63) is 79.0 Å². The highest BCUT2D eigenvalue weighted by molar-refractivity contribution is 6.08. The van der Waals surface area contributed by atoms with Crippen molar-refractivity contribution in [1.29, 1.82) is 0 Å². The molecular weight excluding hydrogens is 466 g/mol.